The molecular weight excluding hydrogens is 304 g/mol. The zero-order valence-corrected chi connectivity index (χ0v) is 14.8. The molecule has 132 valence electrons. The van der Waals surface area contributed by atoms with Gasteiger partial charge in [0.15, 0.2) is 0 Å². The Labute approximate surface area is 144 Å². The fourth-order valence-corrected chi connectivity index (χ4v) is 3.11. The highest BCUT2D eigenvalue weighted by Gasteiger charge is 2.36. The Morgan fingerprint density at radius 2 is 2.08 bits per heavy atom. The SMILES string of the molecule is CCC(C)c1ccccc1N1CC(C(=O)NC(C)CCO)CC1=O. The van der Waals surface area contributed by atoms with Gasteiger partial charge in [-0.3, -0.25) is 9.59 Å². The summed E-state index contributed by atoms with van der Waals surface area (Å²) in [6.07, 6.45) is 1.77. The Morgan fingerprint density at radius 3 is 2.75 bits per heavy atom. The number of hydrogen-bond acceptors (Lipinski definition) is 3. The Bertz CT molecular complexity index is 588. The Hall–Kier alpha value is -1.88. The van der Waals surface area contributed by atoms with Crippen molar-refractivity contribution in [2.24, 2.45) is 5.92 Å². The number of hydrogen-bond donors (Lipinski definition) is 2. The van der Waals surface area contributed by atoms with Crippen molar-refractivity contribution in [1.29, 1.82) is 0 Å². The molecule has 1 aromatic carbocycles. The van der Waals surface area contributed by atoms with Crippen molar-refractivity contribution >= 4 is 17.5 Å². The molecule has 0 bridgehead atoms. The number of nitrogens with one attached hydrogen (secondary N) is 1. The van der Waals surface area contributed by atoms with Crippen LogP contribution in [0.3, 0.4) is 0 Å². The van der Waals surface area contributed by atoms with Crippen LogP contribution in [-0.2, 0) is 9.59 Å². The van der Waals surface area contributed by atoms with Crippen molar-refractivity contribution in [3.8, 4) is 0 Å². The summed E-state index contributed by atoms with van der Waals surface area (Å²) in [5, 5.41) is 11.8. The second-order valence-corrected chi connectivity index (χ2v) is 6.70. The zero-order chi connectivity index (χ0) is 17.7. The van der Waals surface area contributed by atoms with Gasteiger partial charge < -0.3 is 15.3 Å². The number of aliphatic hydroxyl groups is 1. The minimum atomic E-state index is -0.330. The van der Waals surface area contributed by atoms with E-state index >= 15 is 0 Å². The minimum Gasteiger partial charge on any atom is -0.396 e. The molecule has 24 heavy (non-hydrogen) atoms. The number of nitrogens with zero attached hydrogens (tertiary/aromatic N) is 1. The summed E-state index contributed by atoms with van der Waals surface area (Å²) >= 11 is 0. The van der Waals surface area contributed by atoms with Crippen LogP contribution in [0.4, 0.5) is 5.69 Å². The standard InChI is InChI=1S/C19H28N2O3/c1-4-13(2)16-7-5-6-8-17(16)21-12-15(11-18(21)23)19(24)20-14(3)9-10-22/h5-8,13-15,22H,4,9-12H2,1-3H3,(H,20,24). The van der Waals surface area contributed by atoms with Crippen LogP contribution in [0, 0.1) is 5.92 Å². The molecule has 2 N–H and O–H groups in total. The molecule has 1 fully saturated rings. The molecule has 0 radical (unpaired) electrons. The lowest BCUT2D eigenvalue weighted by atomic mass is 9.96. The molecule has 1 heterocycles. The molecule has 1 aliphatic rings. The maximum atomic E-state index is 12.5. The number of carbonyl (C=O) groups excluding carboxylic acids is 2. The number of para-hydroxylation sites is 1. The first-order valence-corrected chi connectivity index (χ1v) is 8.78. The molecule has 5 nitrogen and oxygen atoms in total. The van der Waals surface area contributed by atoms with E-state index in [2.05, 4.69) is 25.2 Å². The highest BCUT2D eigenvalue weighted by molar-refractivity contribution is 6.00. The van der Waals surface area contributed by atoms with Gasteiger partial charge in [0, 0.05) is 31.3 Å². The lowest BCUT2D eigenvalue weighted by Crippen LogP contribution is -2.38. The molecule has 2 rings (SSSR count). The quantitative estimate of drug-likeness (QED) is 0.806. The van der Waals surface area contributed by atoms with Gasteiger partial charge in [-0.2, -0.15) is 0 Å². The monoisotopic (exact) mass is 332 g/mol. The summed E-state index contributed by atoms with van der Waals surface area (Å²) in [6, 6.07) is 7.87. The van der Waals surface area contributed by atoms with Crippen molar-refractivity contribution < 1.29 is 14.7 Å². The summed E-state index contributed by atoms with van der Waals surface area (Å²) in [4.78, 5) is 26.6. The summed E-state index contributed by atoms with van der Waals surface area (Å²) in [5.74, 6) is -0.0661. The number of aliphatic hydroxyl groups excluding tert-OH is 1. The van der Waals surface area contributed by atoms with E-state index in [9.17, 15) is 9.59 Å². The zero-order valence-electron chi connectivity index (χ0n) is 14.8. The fraction of sp³-hybridized carbons (Fsp3) is 0.579. The molecule has 0 spiro atoms. The van der Waals surface area contributed by atoms with Gasteiger partial charge in [-0.05, 0) is 37.3 Å². The van der Waals surface area contributed by atoms with E-state index in [0.29, 0.717) is 18.9 Å². The van der Waals surface area contributed by atoms with Crippen molar-refractivity contribution in [3.63, 3.8) is 0 Å². The van der Waals surface area contributed by atoms with Crippen molar-refractivity contribution in [3.05, 3.63) is 29.8 Å². The maximum absolute atomic E-state index is 12.5. The molecule has 3 unspecified atom stereocenters. The van der Waals surface area contributed by atoms with Crippen LogP contribution in [0.5, 0.6) is 0 Å². The predicted molar refractivity (Wildman–Crippen MR) is 94.9 cm³/mol. The first kappa shape index (κ1) is 18.5. The van der Waals surface area contributed by atoms with E-state index in [1.807, 2.05) is 25.1 Å². The molecule has 0 aliphatic carbocycles. The lowest BCUT2D eigenvalue weighted by molar-refractivity contribution is -0.126. The predicted octanol–water partition coefficient (Wildman–Crippen LogP) is 2.44. The van der Waals surface area contributed by atoms with Gasteiger partial charge in [-0.1, -0.05) is 32.0 Å². The molecule has 5 heteroatoms. The smallest absolute Gasteiger partial charge is 0.227 e. The number of amides is 2. The summed E-state index contributed by atoms with van der Waals surface area (Å²) in [6.45, 7) is 6.61. The molecule has 0 aromatic heterocycles. The Morgan fingerprint density at radius 1 is 1.38 bits per heavy atom. The van der Waals surface area contributed by atoms with E-state index in [-0.39, 0.29) is 36.8 Å². The average Bonchev–Trinajstić information content (AvgIpc) is 2.96. The van der Waals surface area contributed by atoms with Gasteiger partial charge in [0.05, 0.1) is 5.92 Å². The van der Waals surface area contributed by atoms with Gasteiger partial charge in [0.1, 0.15) is 0 Å². The van der Waals surface area contributed by atoms with Gasteiger partial charge in [-0.25, -0.2) is 0 Å². The molecule has 2 amide bonds. The third-order valence-corrected chi connectivity index (χ3v) is 4.82. The number of rotatable bonds is 7. The summed E-state index contributed by atoms with van der Waals surface area (Å²) < 4.78 is 0. The van der Waals surface area contributed by atoms with Gasteiger partial charge >= 0.3 is 0 Å². The van der Waals surface area contributed by atoms with Gasteiger partial charge in [-0.15, -0.1) is 0 Å². The molecule has 1 saturated heterocycles. The van der Waals surface area contributed by atoms with Gasteiger partial charge in [0.25, 0.3) is 0 Å². The summed E-state index contributed by atoms with van der Waals surface area (Å²) in [7, 11) is 0. The first-order valence-electron chi connectivity index (χ1n) is 8.78. The third-order valence-electron chi connectivity index (χ3n) is 4.82. The number of carbonyl (C=O) groups is 2. The van der Waals surface area contributed by atoms with E-state index in [0.717, 1.165) is 17.7 Å². The average molecular weight is 332 g/mol. The second kappa shape index (κ2) is 8.29. The Kier molecular flexibility index (Phi) is 6.37. The second-order valence-electron chi connectivity index (χ2n) is 6.70. The topological polar surface area (TPSA) is 69.6 Å². The highest BCUT2D eigenvalue weighted by atomic mass is 16.3. The molecular formula is C19H28N2O3. The van der Waals surface area contributed by atoms with Gasteiger partial charge in [0.2, 0.25) is 11.8 Å². The van der Waals surface area contributed by atoms with Crippen LogP contribution in [0.2, 0.25) is 0 Å². The van der Waals surface area contributed by atoms with Crippen LogP contribution >= 0.6 is 0 Å². The molecule has 1 aliphatic heterocycles. The molecule has 1 aromatic rings. The van der Waals surface area contributed by atoms with E-state index in [1.165, 1.54) is 0 Å². The van der Waals surface area contributed by atoms with Crippen LogP contribution in [0.1, 0.15) is 51.5 Å². The van der Waals surface area contributed by atoms with E-state index in [4.69, 9.17) is 5.11 Å². The van der Waals surface area contributed by atoms with E-state index in [1.54, 1.807) is 4.90 Å². The molecule has 3 atom stereocenters. The number of anilines is 1. The van der Waals surface area contributed by atoms with Crippen molar-refractivity contribution in [2.45, 2.75) is 52.0 Å². The van der Waals surface area contributed by atoms with E-state index < -0.39 is 0 Å². The maximum Gasteiger partial charge on any atom is 0.227 e. The third kappa shape index (κ3) is 4.15. The van der Waals surface area contributed by atoms with Crippen LogP contribution in [0.25, 0.3) is 0 Å². The van der Waals surface area contributed by atoms with Crippen LogP contribution in [0.15, 0.2) is 24.3 Å². The fourth-order valence-electron chi connectivity index (χ4n) is 3.11. The van der Waals surface area contributed by atoms with Crippen molar-refractivity contribution in [1.82, 2.24) is 5.32 Å². The Balaban J connectivity index is 2.12. The van der Waals surface area contributed by atoms with Crippen molar-refractivity contribution in [2.75, 3.05) is 18.1 Å². The highest BCUT2D eigenvalue weighted by Crippen LogP contribution is 2.33. The normalized spacial score (nSPS) is 20.1. The lowest BCUT2D eigenvalue weighted by Gasteiger charge is -2.23. The van der Waals surface area contributed by atoms with Crippen LogP contribution in [-0.4, -0.2) is 36.1 Å². The minimum absolute atomic E-state index is 0.000661. The summed E-state index contributed by atoms with van der Waals surface area (Å²) in [5.41, 5.74) is 2.08. The first-order chi connectivity index (χ1) is 11.5. The molecule has 0 saturated carbocycles. The number of benzene rings is 1. The largest absolute Gasteiger partial charge is 0.396 e. The van der Waals surface area contributed by atoms with Crippen LogP contribution < -0.4 is 10.2 Å².